The Morgan fingerprint density at radius 1 is 1.73 bits per heavy atom. The molecular formula is C8H15N3. The highest BCUT2D eigenvalue weighted by Gasteiger charge is 2.07. The number of H-pyrrole nitrogens is 1. The summed E-state index contributed by atoms with van der Waals surface area (Å²) in [5.74, 6) is 0. The number of nitrogens with one attached hydrogen (secondary N) is 2. The first-order valence-corrected chi connectivity index (χ1v) is 3.99. The maximum absolute atomic E-state index is 3.96. The summed E-state index contributed by atoms with van der Waals surface area (Å²) in [6.45, 7) is 7.28. The lowest BCUT2D eigenvalue weighted by Gasteiger charge is -2.10. The van der Waals surface area contributed by atoms with Gasteiger partial charge in [-0.2, -0.15) is 5.10 Å². The number of aromatic amines is 1. The third-order valence-corrected chi connectivity index (χ3v) is 1.81. The third-order valence-electron chi connectivity index (χ3n) is 1.81. The number of hydrogen-bond donors (Lipinski definition) is 2. The van der Waals surface area contributed by atoms with Gasteiger partial charge in [-0.05, 0) is 26.0 Å². The Morgan fingerprint density at radius 2 is 2.45 bits per heavy atom. The molecule has 0 fully saturated rings. The van der Waals surface area contributed by atoms with Crippen LogP contribution in [-0.2, 0) is 0 Å². The van der Waals surface area contributed by atoms with Crippen molar-refractivity contribution in [3.05, 3.63) is 17.5 Å². The van der Waals surface area contributed by atoms with Gasteiger partial charge >= 0.3 is 0 Å². The van der Waals surface area contributed by atoms with Crippen molar-refractivity contribution in [2.45, 2.75) is 26.8 Å². The van der Waals surface area contributed by atoms with Crippen LogP contribution in [0.25, 0.3) is 0 Å². The van der Waals surface area contributed by atoms with Crippen molar-refractivity contribution in [2.75, 3.05) is 6.54 Å². The predicted octanol–water partition coefficient (Wildman–Crippen LogP) is 1.39. The molecule has 1 aromatic heterocycles. The normalized spacial score (nSPS) is 13.4. The molecule has 0 saturated heterocycles. The molecule has 0 saturated carbocycles. The summed E-state index contributed by atoms with van der Waals surface area (Å²) in [5.41, 5.74) is 2.41. The van der Waals surface area contributed by atoms with Crippen LogP contribution in [0.15, 0.2) is 6.20 Å². The standard InChI is InChI=1S/C8H15N3/c1-4-9-7(3)8-6(2)5-10-11-8/h5,7,9H,4H2,1-3H3,(H,10,11). The van der Waals surface area contributed by atoms with Crippen LogP contribution in [0, 0.1) is 6.92 Å². The molecule has 0 amide bonds. The molecule has 1 atom stereocenters. The topological polar surface area (TPSA) is 40.7 Å². The highest BCUT2D eigenvalue weighted by Crippen LogP contribution is 2.12. The van der Waals surface area contributed by atoms with E-state index in [2.05, 4.69) is 36.3 Å². The van der Waals surface area contributed by atoms with E-state index in [9.17, 15) is 0 Å². The number of aromatic nitrogens is 2. The molecule has 3 nitrogen and oxygen atoms in total. The molecule has 0 aromatic carbocycles. The monoisotopic (exact) mass is 153 g/mol. The van der Waals surface area contributed by atoms with Crippen LogP contribution in [0.1, 0.15) is 31.1 Å². The van der Waals surface area contributed by atoms with E-state index < -0.39 is 0 Å². The van der Waals surface area contributed by atoms with Gasteiger partial charge < -0.3 is 5.32 Å². The number of rotatable bonds is 3. The number of nitrogens with zero attached hydrogens (tertiary/aromatic N) is 1. The fraction of sp³-hybridized carbons (Fsp3) is 0.625. The lowest BCUT2D eigenvalue weighted by molar-refractivity contribution is 0.579. The van der Waals surface area contributed by atoms with Crippen LogP contribution in [0.3, 0.4) is 0 Å². The first kappa shape index (κ1) is 8.27. The zero-order valence-corrected chi connectivity index (χ0v) is 7.31. The van der Waals surface area contributed by atoms with Gasteiger partial charge in [0, 0.05) is 6.04 Å². The Kier molecular flexibility index (Phi) is 2.65. The van der Waals surface area contributed by atoms with E-state index in [1.807, 2.05) is 6.20 Å². The molecule has 0 bridgehead atoms. The molecule has 2 N–H and O–H groups in total. The molecule has 0 aliphatic carbocycles. The smallest absolute Gasteiger partial charge is 0.0547 e. The van der Waals surface area contributed by atoms with Gasteiger partial charge in [-0.3, -0.25) is 5.10 Å². The van der Waals surface area contributed by atoms with E-state index in [1.54, 1.807) is 0 Å². The van der Waals surface area contributed by atoms with E-state index in [1.165, 1.54) is 11.3 Å². The maximum Gasteiger partial charge on any atom is 0.0547 e. The van der Waals surface area contributed by atoms with E-state index in [-0.39, 0.29) is 0 Å². The van der Waals surface area contributed by atoms with Gasteiger partial charge in [0.05, 0.1) is 11.9 Å². The molecule has 1 aromatic rings. The zero-order valence-electron chi connectivity index (χ0n) is 7.31. The van der Waals surface area contributed by atoms with Crippen LogP contribution in [0.4, 0.5) is 0 Å². The highest BCUT2D eigenvalue weighted by molar-refractivity contribution is 5.16. The summed E-state index contributed by atoms with van der Waals surface area (Å²) in [6.07, 6.45) is 1.85. The third kappa shape index (κ3) is 1.80. The molecule has 0 spiro atoms. The summed E-state index contributed by atoms with van der Waals surface area (Å²) in [7, 11) is 0. The van der Waals surface area contributed by atoms with E-state index >= 15 is 0 Å². The van der Waals surface area contributed by atoms with E-state index in [4.69, 9.17) is 0 Å². The van der Waals surface area contributed by atoms with Gasteiger partial charge in [-0.15, -0.1) is 0 Å². The van der Waals surface area contributed by atoms with E-state index in [0.717, 1.165) is 6.54 Å². The van der Waals surface area contributed by atoms with Gasteiger partial charge in [0.2, 0.25) is 0 Å². The van der Waals surface area contributed by atoms with Crippen molar-refractivity contribution in [2.24, 2.45) is 0 Å². The minimum Gasteiger partial charge on any atom is -0.309 e. The Morgan fingerprint density at radius 3 is 2.91 bits per heavy atom. The lowest BCUT2D eigenvalue weighted by atomic mass is 10.1. The first-order valence-electron chi connectivity index (χ1n) is 3.99. The molecule has 3 heteroatoms. The molecule has 1 heterocycles. The van der Waals surface area contributed by atoms with Crippen LogP contribution < -0.4 is 5.32 Å². The highest BCUT2D eigenvalue weighted by atomic mass is 15.1. The van der Waals surface area contributed by atoms with Gasteiger partial charge in [0.1, 0.15) is 0 Å². The van der Waals surface area contributed by atoms with Gasteiger partial charge in [0.25, 0.3) is 0 Å². The Hall–Kier alpha value is -0.830. The largest absolute Gasteiger partial charge is 0.309 e. The average Bonchev–Trinajstić information content (AvgIpc) is 2.36. The Balaban J connectivity index is 2.67. The lowest BCUT2D eigenvalue weighted by Crippen LogP contribution is -2.18. The van der Waals surface area contributed by atoms with Crippen LogP contribution >= 0.6 is 0 Å². The van der Waals surface area contributed by atoms with Gasteiger partial charge in [-0.25, -0.2) is 0 Å². The van der Waals surface area contributed by atoms with Crippen molar-refractivity contribution in [1.29, 1.82) is 0 Å². The second-order valence-corrected chi connectivity index (χ2v) is 2.75. The second kappa shape index (κ2) is 3.53. The van der Waals surface area contributed by atoms with Crippen molar-refractivity contribution >= 4 is 0 Å². The summed E-state index contributed by atoms with van der Waals surface area (Å²) in [4.78, 5) is 0. The van der Waals surface area contributed by atoms with Crippen LogP contribution in [0.5, 0.6) is 0 Å². The molecule has 1 rings (SSSR count). The molecule has 0 aliphatic rings. The van der Waals surface area contributed by atoms with Crippen molar-refractivity contribution in [3.8, 4) is 0 Å². The minimum atomic E-state index is 0.377. The van der Waals surface area contributed by atoms with Crippen molar-refractivity contribution in [1.82, 2.24) is 15.5 Å². The Labute approximate surface area is 67.2 Å². The molecule has 11 heavy (non-hydrogen) atoms. The molecule has 1 unspecified atom stereocenters. The van der Waals surface area contributed by atoms with Crippen LogP contribution in [0.2, 0.25) is 0 Å². The summed E-state index contributed by atoms with van der Waals surface area (Å²) in [5, 5.41) is 10.3. The number of aryl methyl sites for hydroxylation is 1. The quantitative estimate of drug-likeness (QED) is 0.689. The van der Waals surface area contributed by atoms with Crippen LogP contribution in [-0.4, -0.2) is 16.7 Å². The van der Waals surface area contributed by atoms with Gasteiger partial charge in [0.15, 0.2) is 0 Å². The Bertz CT molecular complexity index is 217. The fourth-order valence-corrected chi connectivity index (χ4v) is 1.20. The molecule has 0 radical (unpaired) electrons. The molecule has 0 aliphatic heterocycles. The molecular weight excluding hydrogens is 138 g/mol. The summed E-state index contributed by atoms with van der Waals surface area (Å²) in [6, 6.07) is 0.377. The van der Waals surface area contributed by atoms with Crippen molar-refractivity contribution < 1.29 is 0 Å². The first-order chi connectivity index (χ1) is 5.25. The summed E-state index contributed by atoms with van der Waals surface area (Å²) < 4.78 is 0. The maximum atomic E-state index is 3.96. The number of hydrogen-bond acceptors (Lipinski definition) is 2. The molecule has 62 valence electrons. The van der Waals surface area contributed by atoms with Crippen molar-refractivity contribution in [3.63, 3.8) is 0 Å². The minimum absolute atomic E-state index is 0.377. The average molecular weight is 153 g/mol. The SMILES string of the molecule is CCNC(C)c1[nH]ncc1C. The van der Waals surface area contributed by atoms with Gasteiger partial charge in [-0.1, -0.05) is 6.92 Å². The zero-order chi connectivity index (χ0) is 8.27. The predicted molar refractivity (Wildman–Crippen MR) is 45.4 cm³/mol. The summed E-state index contributed by atoms with van der Waals surface area (Å²) >= 11 is 0. The van der Waals surface area contributed by atoms with E-state index in [0.29, 0.717) is 6.04 Å². The second-order valence-electron chi connectivity index (χ2n) is 2.75. The fourth-order valence-electron chi connectivity index (χ4n) is 1.20.